The molecule has 2 aromatic carbocycles. The number of nitrogens with one attached hydrogen (secondary N) is 1. The number of nitrogens with zero attached hydrogens (tertiary/aromatic N) is 3. The summed E-state index contributed by atoms with van der Waals surface area (Å²) in [5.41, 5.74) is 6.14. The second kappa shape index (κ2) is 10.0. The van der Waals surface area contributed by atoms with Crippen LogP contribution in [0.4, 0.5) is 0 Å². The Kier molecular flexibility index (Phi) is 7.17. The summed E-state index contributed by atoms with van der Waals surface area (Å²) in [4.78, 5) is 16.7. The van der Waals surface area contributed by atoms with Gasteiger partial charge in [0.25, 0.3) is 5.91 Å². The van der Waals surface area contributed by atoms with Crippen molar-refractivity contribution >= 4 is 12.1 Å². The number of hydrogen-bond donors (Lipinski definition) is 1. The first kappa shape index (κ1) is 20.0. The Morgan fingerprint density at radius 3 is 2.32 bits per heavy atom. The highest BCUT2D eigenvalue weighted by molar-refractivity contribution is 5.83. The summed E-state index contributed by atoms with van der Waals surface area (Å²) in [5, 5.41) is 4.04. The number of carbonyl (C=O) groups is 1. The van der Waals surface area contributed by atoms with Crippen molar-refractivity contribution in [2.45, 2.75) is 13.5 Å². The Hall–Kier alpha value is -2.70. The summed E-state index contributed by atoms with van der Waals surface area (Å²) in [6.07, 6.45) is 1.64. The summed E-state index contributed by atoms with van der Waals surface area (Å²) in [6, 6.07) is 16.2. The molecule has 0 aliphatic carbocycles. The monoisotopic (exact) mass is 380 g/mol. The van der Waals surface area contributed by atoms with E-state index in [2.05, 4.69) is 51.5 Å². The van der Waals surface area contributed by atoms with E-state index in [0.29, 0.717) is 6.54 Å². The number of hydrogen-bond acceptors (Lipinski definition) is 5. The number of rotatable bonds is 7. The number of benzene rings is 2. The molecule has 1 heterocycles. The molecule has 1 fully saturated rings. The standard InChI is InChI=1S/C22H28N4O2/c1-18-3-5-20(6-4-18)16-25-11-13-26(14-12-25)17-22(27)24-23-15-19-7-9-21(28-2)10-8-19/h3-10,15H,11-14,16-17H2,1-2H3,(H,24,27)/b23-15+. The van der Waals surface area contributed by atoms with Crippen LogP contribution in [0.5, 0.6) is 5.75 Å². The Morgan fingerprint density at radius 1 is 1.04 bits per heavy atom. The van der Waals surface area contributed by atoms with Crippen molar-refractivity contribution in [2.24, 2.45) is 5.10 Å². The molecule has 1 aliphatic rings. The highest BCUT2D eigenvalue weighted by atomic mass is 16.5. The van der Waals surface area contributed by atoms with Crippen LogP contribution in [-0.4, -0.2) is 61.8 Å². The summed E-state index contributed by atoms with van der Waals surface area (Å²) in [7, 11) is 1.63. The number of methoxy groups -OCH3 is 1. The molecule has 0 saturated carbocycles. The number of hydrazone groups is 1. The maximum absolute atomic E-state index is 12.1. The van der Waals surface area contributed by atoms with Crippen LogP contribution in [0.1, 0.15) is 16.7 Å². The zero-order valence-corrected chi connectivity index (χ0v) is 16.6. The molecule has 0 bridgehead atoms. The van der Waals surface area contributed by atoms with Gasteiger partial charge in [-0.2, -0.15) is 5.10 Å². The van der Waals surface area contributed by atoms with Crippen molar-refractivity contribution in [2.75, 3.05) is 39.8 Å². The van der Waals surface area contributed by atoms with Gasteiger partial charge >= 0.3 is 0 Å². The van der Waals surface area contributed by atoms with Crippen LogP contribution < -0.4 is 10.2 Å². The first-order valence-electron chi connectivity index (χ1n) is 9.58. The molecule has 28 heavy (non-hydrogen) atoms. The lowest BCUT2D eigenvalue weighted by molar-refractivity contribution is -0.122. The molecule has 148 valence electrons. The normalized spacial score (nSPS) is 15.6. The zero-order valence-electron chi connectivity index (χ0n) is 16.6. The largest absolute Gasteiger partial charge is 0.497 e. The van der Waals surface area contributed by atoms with Crippen LogP contribution in [0, 0.1) is 6.92 Å². The Bertz CT molecular complexity index is 779. The summed E-state index contributed by atoms with van der Waals surface area (Å²) in [5.74, 6) is 0.708. The van der Waals surface area contributed by atoms with Crippen molar-refractivity contribution in [3.63, 3.8) is 0 Å². The van der Waals surface area contributed by atoms with Gasteiger partial charge < -0.3 is 4.74 Å². The summed E-state index contributed by atoms with van der Waals surface area (Å²) < 4.78 is 5.12. The van der Waals surface area contributed by atoms with E-state index < -0.39 is 0 Å². The van der Waals surface area contributed by atoms with Crippen LogP contribution in [0.2, 0.25) is 0 Å². The minimum absolute atomic E-state index is 0.0863. The molecular formula is C22H28N4O2. The number of aryl methyl sites for hydroxylation is 1. The third-order valence-electron chi connectivity index (χ3n) is 4.88. The molecule has 0 unspecified atom stereocenters. The fraction of sp³-hybridized carbons (Fsp3) is 0.364. The third-order valence-corrected chi connectivity index (χ3v) is 4.88. The Morgan fingerprint density at radius 2 is 1.68 bits per heavy atom. The lowest BCUT2D eigenvalue weighted by atomic mass is 10.1. The van der Waals surface area contributed by atoms with Gasteiger partial charge in [0.05, 0.1) is 19.9 Å². The van der Waals surface area contributed by atoms with Gasteiger partial charge in [0, 0.05) is 32.7 Å². The maximum atomic E-state index is 12.1. The minimum Gasteiger partial charge on any atom is -0.497 e. The smallest absolute Gasteiger partial charge is 0.254 e. The van der Waals surface area contributed by atoms with Crippen LogP contribution in [0.25, 0.3) is 0 Å². The predicted molar refractivity (Wildman–Crippen MR) is 112 cm³/mol. The second-order valence-corrected chi connectivity index (χ2v) is 7.10. The van der Waals surface area contributed by atoms with E-state index in [4.69, 9.17) is 4.74 Å². The number of carbonyl (C=O) groups excluding carboxylic acids is 1. The van der Waals surface area contributed by atoms with Gasteiger partial charge in [-0.3, -0.25) is 14.6 Å². The molecular weight excluding hydrogens is 352 g/mol. The van der Waals surface area contributed by atoms with Crippen molar-refractivity contribution in [1.29, 1.82) is 0 Å². The first-order chi connectivity index (χ1) is 13.6. The van der Waals surface area contributed by atoms with Gasteiger partial charge in [0.1, 0.15) is 5.75 Å². The average molecular weight is 380 g/mol. The molecule has 1 N–H and O–H groups in total. The van der Waals surface area contributed by atoms with Gasteiger partial charge in [-0.15, -0.1) is 0 Å². The fourth-order valence-corrected chi connectivity index (χ4v) is 3.16. The van der Waals surface area contributed by atoms with E-state index >= 15 is 0 Å². The van der Waals surface area contributed by atoms with Gasteiger partial charge in [0.2, 0.25) is 0 Å². The number of piperazine rings is 1. The summed E-state index contributed by atoms with van der Waals surface area (Å²) >= 11 is 0. The van der Waals surface area contributed by atoms with E-state index in [-0.39, 0.29) is 5.91 Å². The maximum Gasteiger partial charge on any atom is 0.254 e. The number of amides is 1. The van der Waals surface area contributed by atoms with Crippen LogP contribution >= 0.6 is 0 Å². The second-order valence-electron chi connectivity index (χ2n) is 7.10. The molecule has 0 atom stereocenters. The number of ether oxygens (including phenoxy) is 1. The molecule has 0 aromatic heterocycles. The van der Waals surface area contributed by atoms with Crippen molar-refractivity contribution in [3.8, 4) is 5.75 Å². The Balaban J connectivity index is 1.37. The SMILES string of the molecule is COc1ccc(/C=N/NC(=O)CN2CCN(Cc3ccc(C)cc3)CC2)cc1. The molecule has 2 aromatic rings. The molecule has 0 spiro atoms. The molecule has 1 aliphatic heterocycles. The highest BCUT2D eigenvalue weighted by Crippen LogP contribution is 2.10. The van der Waals surface area contributed by atoms with Gasteiger partial charge in [-0.25, -0.2) is 5.43 Å². The van der Waals surface area contributed by atoms with Crippen molar-refractivity contribution in [3.05, 3.63) is 65.2 Å². The average Bonchev–Trinajstić information content (AvgIpc) is 2.72. The molecule has 6 heteroatoms. The molecule has 1 amide bonds. The third kappa shape index (κ3) is 6.18. The van der Waals surface area contributed by atoms with E-state index in [1.165, 1.54) is 11.1 Å². The minimum atomic E-state index is -0.0863. The fourth-order valence-electron chi connectivity index (χ4n) is 3.16. The van der Waals surface area contributed by atoms with Crippen LogP contribution in [0.3, 0.4) is 0 Å². The molecule has 0 radical (unpaired) electrons. The summed E-state index contributed by atoms with van der Waals surface area (Å²) in [6.45, 7) is 7.16. The molecule has 3 rings (SSSR count). The molecule has 1 saturated heterocycles. The van der Waals surface area contributed by atoms with E-state index in [0.717, 1.165) is 44.0 Å². The molecule has 6 nitrogen and oxygen atoms in total. The van der Waals surface area contributed by atoms with Crippen LogP contribution in [-0.2, 0) is 11.3 Å². The van der Waals surface area contributed by atoms with Crippen molar-refractivity contribution < 1.29 is 9.53 Å². The quantitative estimate of drug-likeness (QED) is 0.591. The predicted octanol–water partition coefficient (Wildman–Crippen LogP) is 2.27. The first-order valence-corrected chi connectivity index (χ1v) is 9.58. The van der Waals surface area contributed by atoms with E-state index in [9.17, 15) is 4.79 Å². The van der Waals surface area contributed by atoms with Gasteiger partial charge in [0.15, 0.2) is 0 Å². The van der Waals surface area contributed by atoms with E-state index in [1.54, 1.807) is 13.3 Å². The van der Waals surface area contributed by atoms with Gasteiger partial charge in [-0.05, 0) is 42.3 Å². The van der Waals surface area contributed by atoms with E-state index in [1.807, 2.05) is 24.3 Å². The highest BCUT2D eigenvalue weighted by Gasteiger charge is 2.18. The van der Waals surface area contributed by atoms with Crippen molar-refractivity contribution in [1.82, 2.24) is 15.2 Å². The van der Waals surface area contributed by atoms with Gasteiger partial charge in [-0.1, -0.05) is 29.8 Å². The zero-order chi connectivity index (χ0) is 19.8. The Labute approximate surface area is 166 Å². The van der Waals surface area contributed by atoms with Crippen LogP contribution in [0.15, 0.2) is 53.6 Å². The lowest BCUT2D eigenvalue weighted by Crippen LogP contribution is -2.48. The lowest BCUT2D eigenvalue weighted by Gasteiger charge is -2.34. The topological polar surface area (TPSA) is 57.2 Å².